The fourth-order valence-corrected chi connectivity index (χ4v) is 5.84. The Morgan fingerprint density at radius 3 is 2.42 bits per heavy atom. The SMILES string of the molecule is CO[C@H]1C[C@@H](n2c(=O)n(C)c3cnc4ccc(-c5ccc(N6CCC(N(C)C)CC6)nc5)cc4c32)C1. The Kier molecular flexibility index (Phi) is 5.80. The van der Waals surface area contributed by atoms with Gasteiger partial charge < -0.3 is 14.5 Å². The maximum absolute atomic E-state index is 13.2. The topological polar surface area (TPSA) is 68.4 Å². The lowest BCUT2D eigenvalue weighted by Crippen LogP contribution is -2.42. The van der Waals surface area contributed by atoms with Gasteiger partial charge in [0.1, 0.15) is 5.82 Å². The minimum absolute atomic E-state index is 0.00770. The van der Waals surface area contributed by atoms with Crippen LogP contribution in [0.5, 0.6) is 0 Å². The Hall–Kier alpha value is -3.23. The van der Waals surface area contributed by atoms with Crippen molar-refractivity contribution in [3.05, 3.63) is 53.2 Å². The van der Waals surface area contributed by atoms with Crippen LogP contribution in [0, 0.1) is 0 Å². The number of hydrogen-bond acceptors (Lipinski definition) is 6. The number of pyridine rings is 2. The van der Waals surface area contributed by atoms with E-state index in [-0.39, 0.29) is 17.8 Å². The average molecular weight is 487 g/mol. The van der Waals surface area contributed by atoms with Gasteiger partial charge in [0.05, 0.1) is 28.9 Å². The number of fused-ring (bicyclic) bond motifs is 3. The van der Waals surface area contributed by atoms with Crippen LogP contribution in [-0.4, -0.2) is 70.4 Å². The van der Waals surface area contributed by atoms with Crippen LogP contribution >= 0.6 is 0 Å². The molecule has 1 aromatic carbocycles. The molecule has 0 N–H and O–H groups in total. The molecule has 0 spiro atoms. The Bertz CT molecular complexity index is 1460. The van der Waals surface area contributed by atoms with Crippen LogP contribution in [0.4, 0.5) is 5.82 Å². The lowest BCUT2D eigenvalue weighted by Gasteiger charge is -2.35. The summed E-state index contributed by atoms with van der Waals surface area (Å²) >= 11 is 0. The number of methoxy groups -OCH3 is 1. The summed E-state index contributed by atoms with van der Waals surface area (Å²) in [5.74, 6) is 1.04. The standard InChI is InChI=1S/C28H34N6O2/c1-31(2)20-9-11-33(12-10-20)26-8-6-19(16-30-26)18-5-7-24-23(13-18)27-25(17-29-24)32(3)28(35)34(27)21-14-22(15-21)36-4/h5-8,13,16-17,20-22H,9-12,14-15H2,1-4H3/t21-,22+. The predicted octanol–water partition coefficient (Wildman–Crippen LogP) is 3.83. The number of aromatic nitrogens is 4. The Balaban J connectivity index is 1.35. The highest BCUT2D eigenvalue weighted by Crippen LogP contribution is 2.37. The van der Waals surface area contributed by atoms with Gasteiger partial charge in [0.25, 0.3) is 0 Å². The molecule has 188 valence electrons. The molecule has 0 amide bonds. The molecule has 2 aliphatic rings. The normalized spacial score (nSPS) is 21.0. The molecule has 0 radical (unpaired) electrons. The fraction of sp³-hybridized carbons (Fsp3) is 0.464. The molecule has 4 heterocycles. The van der Waals surface area contributed by atoms with Gasteiger partial charge in [0.2, 0.25) is 0 Å². The van der Waals surface area contributed by atoms with E-state index in [1.165, 1.54) is 0 Å². The maximum atomic E-state index is 13.2. The molecule has 8 heteroatoms. The summed E-state index contributed by atoms with van der Waals surface area (Å²) < 4.78 is 9.15. The van der Waals surface area contributed by atoms with Gasteiger partial charge >= 0.3 is 5.69 Å². The molecule has 36 heavy (non-hydrogen) atoms. The van der Waals surface area contributed by atoms with Crippen LogP contribution in [0.25, 0.3) is 33.1 Å². The van der Waals surface area contributed by atoms with Crippen molar-refractivity contribution in [3.63, 3.8) is 0 Å². The second-order valence-electron chi connectivity index (χ2n) is 10.5. The van der Waals surface area contributed by atoms with Crippen LogP contribution in [0.2, 0.25) is 0 Å². The number of anilines is 1. The lowest BCUT2D eigenvalue weighted by atomic mass is 9.89. The minimum atomic E-state index is 0.00770. The predicted molar refractivity (Wildman–Crippen MR) is 144 cm³/mol. The molecule has 1 aliphatic heterocycles. The van der Waals surface area contributed by atoms with Crippen molar-refractivity contribution in [2.45, 2.75) is 43.9 Å². The lowest BCUT2D eigenvalue weighted by molar-refractivity contribution is 0.00635. The Labute approximate surface area is 211 Å². The van der Waals surface area contributed by atoms with E-state index in [2.05, 4.69) is 53.1 Å². The first-order valence-electron chi connectivity index (χ1n) is 12.8. The maximum Gasteiger partial charge on any atom is 0.329 e. The van der Waals surface area contributed by atoms with Crippen molar-refractivity contribution in [1.82, 2.24) is 24.0 Å². The van der Waals surface area contributed by atoms with Crippen LogP contribution in [0.3, 0.4) is 0 Å². The Morgan fingerprint density at radius 1 is 1.00 bits per heavy atom. The van der Waals surface area contributed by atoms with Crippen molar-refractivity contribution >= 4 is 27.8 Å². The van der Waals surface area contributed by atoms with Crippen molar-refractivity contribution in [3.8, 4) is 11.1 Å². The molecule has 8 nitrogen and oxygen atoms in total. The molecule has 3 aromatic heterocycles. The van der Waals surface area contributed by atoms with Gasteiger partial charge in [-0.2, -0.15) is 0 Å². The Morgan fingerprint density at radius 2 is 1.75 bits per heavy atom. The van der Waals surface area contributed by atoms with Gasteiger partial charge in [0, 0.05) is 56.5 Å². The number of ether oxygens (including phenoxy) is 1. The van der Waals surface area contributed by atoms with E-state index in [9.17, 15) is 4.79 Å². The highest BCUT2D eigenvalue weighted by molar-refractivity contribution is 6.04. The number of imidazole rings is 1. The molecule has 6 rings (SSSR count). The van der Waals surface area contributed by atoms with E-state index >= 15 is 0 Å². The quantitative estimate of drug-likeness (QED) is 0.427. The molecule has 2 fully saturated rings. The van der Waals surface area contributed by atoms with Crippen LogP contribution < -0.4 is 10.6 Å². The van der Waals surface area contributed by atoms with E-state index < -0.39 is 0 Å². The van der Waals surface area contributed by atoms with Crippen molar-refractivity contribution in [1.29, 1.82) is 0 Å². The van der Waals surface area contributed by atoms with Gasteiger partial charge in [0.15, 0.2) is 0 Å². The molecule has 0 bridgehead atoms. The van der Waals surface area contributed by atoms with Gasteiger partial charge in [-0.05, 0) is 69.6 Å². The average Bonchev–Trinajstić information content (AvgIpc) is 3.13. The third-order valence-electron chi connectivity index (χ3n) is 8.28. The minimum Gasteiger partial charge on any atom is -0.381 e. The van der Waals surface area contributed by atoms with Gasteiger partial charge in [-0.15, -0.1) is 0 Å². The summed E-state index contributed by atoms with van der Waals surface area (Å²) in [6.45, 7) is 2.07. The largest absolute Gasteiger partial charge is 0.381 e. The molecule has 1 aliphatic carbocycles. The summed E-state index contributed by atoms with van der Waals surface area (Å²) in [6, 6.07) is 11.4. The summed E-state index contributed by atoms with van der Waals surface area (Å²) in [4.78, 5) is 27.4. The second-order valence-corrected chi connectivity index (χ2v) is 10.5. The molecule has 0 atom stereocenters. The van der Waals surface area contributed by atoms with E-state index in [0.717, 1.165) is 77.7 Å². The molecular weight excluding hydrogens is 452 g/mol. The van der Waals surface area contributed by atoms with E-state index in [0.29, 0.717) is 6.04 Å². The first kappa shape index (κ1) is 23.2. The van der Waals surface area contributed by atoms with E-state index in [1.807, 2.05) is 30.1 Å². The number of rotatable bonds is 5. The summed E-state index contributed by atoms with van der Waals surface area (Å²) in [5, 5.41) is 0.999. The van der Waals surface area contributed by atoms with E-state index in [1.54, 1.807) is 11.7 Å². The zero-order valence-corrected chi connectivity index (χ0v) is 21.5. The van der Waals surface area contributed by atoms with Crippen LogP contribution in [0.1, 0.15) is 31.7 Å². The molecule has 1 saturated heterocycles. The number of nitrogens with zero attached hydrogens (tertiary/aromatic N) is 6. The fourth-order valence-electron chi connectivity index (χ4n) is 5.84. The molecular formula is C28H34N6O2. The number of benzene rings is 1. The third-order valence-corrected chi connectivity index (χ3v) is 8.28. The zero-order valence-electron chi connectivity index (χ0n) is 21.5. The van der Waals surface area contributed by atoms with E-state index in [4.69, 9.17) is 9.72 Å². The molecule has 1 saturated carbocycles. The zero-order chi connectivity index (χ0) is 25.0. The van der Waals surface area contributed by atoms with Crippen LogP contribution in [-0.2, 0) is 11.8 Å². The highest BCUT2D eigenvalue weighted by Gasteiger charge is 2.33. The van der Waals surface area contributed by atoms with Gasteiger partial charge in [-0.25, -0.2) is 9.78 Å². The summed E-state index contributed by atoms with van der Waals surface area (Å²) in [7, 11) is 7.90. The van der Waals surface area contributed by atoms with Crippen LogP contribution in [0.15, 0.2) is 47.5 Å². The molecule has 4 aromatic rings. The second kappa shape index (κ2) is 9.01. The third kappa shape index (κ3) is 3.79. The smallest absolute Gasteiger partial charge is 0.329 e. The monoisotopic (exact) mass is 486 g/mol. The number of piperidine rings is 1. The number of aryl methyl sites for hydroxylation is 1. The first-order valence-corrected chi connectivity index (χ1v) is 12.8. The van der Waals surface area contributed by atoms with Crippen molar-refractivity contribution < 1.29 is 4.74 Å². The highest BCUT2D eigenvalue weighted by atomic mass is 16.5. The van der Waals surface area contributed by atoms with Gasteiger partial charge in [-0.1, -0.05) is 6.07 Å². The van der Waals surface area contributed by atoms with Crippen molar-refractivity contribution in [2.75, 3.05) is 39.2 Å². The summed E-state index contributed by atoms with van der Waals surface area (Å²) in [5.41, 5.74) is 4.86. The van der Waals surface area contributed by atoms with Crippen molar-refractivity contribution in [2.24, 2.45) is 7.05 Å². The summed E-state index contributed by atoms with van der Waals surface area (Å²) in [6.07, 6.45) is 8.04. The van der Waals surface area contributed by atoms with Gasteiger partial charge in [-0.3, -0.25) is 14.1 Å². The molecule has 0 unspecified atom stereocenters. The first-order chi connectivity index (χ1) is 17.4. The number of hydrogen-bond donors (Lipinski definition) is 0.